The lowest BCUT2D eigenvalue weighted by Gasteiger charge is -2.16. The molecule has 0 aliphatic heterocycles. The number of ether oxygens (including phenoxy) is 2. The molecule has 0 unspecified atom stereocenters. The summed E-state index contributed by atoms with van der Waals surface area (Å²) in [6, 6.07) is 10.8. The summed E-state index contributed by atoms with van der Waals surface area (Å²) in [7, 11) is 1.56. The summed E-state index contributed by atoms with van der Waals surface area (Å²) in [5.74, 6) is 0.713. The van der Waals surface area contributed by atoms with Crippen LogP contribution >= 0.6 is 11.3 Å². The number of nitrogens with one attached hydrogen (secondary N) is 2. The van der Waals surface area contributed by atoms with Crippen LogP contribution < -0.4 is 20.1 Å². The van der Waals surface area contributed by atoms with Crippen molar-refractivity contribution in [2.24, 2.45) is 5.41 Å². The van der Waals surface area contributed by atoms with Crippen LogP contribution in [0.3, 0.4) is 0 Å². The number of aromatic nitrogens is 1. The molecule has 32 heavy (non-hydrogen) atoms. The van der Waals surface area contributed by atoms with Crippen molar-refractivity contribution in [3.63, 3.8) is 0 Å². The molecule has 2 N–H and O–H groups in total. The fourth-order valence-corrected chi connectivity index (χ4v) is 3.73. The van der Waals surface area contributed by atoms with Gasteiger partial charge in [-0.3, -0.25) is 14.6 Å². The standard InChI is InChI=1S/C24H27N3O4S/c1-15-11-20(27-23(29)24(2,3)4)32-21(15)22(28)26-17-8-9-18(30-5)19(12-17)31-14-16-7-6-10-25-13-16/h6-13H,14H2,1-5H3,(H,26,28)(H,27,29). The highest BCUT2D eigenvalue weighted by atomic mass is 32.1. The SMILES string of the molecule is COc1ccc(NC(=O)c2sc(NC(=O)C(C)(C)C)cc2C)cc1OCc1cccnc1. The maximum atomic E-state index is 12.9. The molecule has 0 aliphatic rings. The Morgan fingerprint density at radius 2 is 1.88 bits per heavy atom. The van der Waals surface area contributed by atoms with Crippen molar-refractivity contribution >= 4 is 33.8 Å². The Morgan fingerprint density at radius 1 is 1.09 bits per heavy atom. The number of methoxy groups -OCH3 is 1. The third kappa shape index (κ3) is 5.85. The van der Waals surface area contributed by atoms with Gasteiger partial charge in [-0.15, -0.1) is 11.3 Å². The molecule has 2 amide bonds. The topological polar surface area (TPSA) is 89.6 Å². The number of rotatable bonds is 7. The van der Waals surface area contributed by atoms with Crippen molar-refractivity contribution in [1.29, 1.82) is 0 Å². The van der Waals surface area contributed by atoms with E-state index in [4.69, 9.17) is 9.47 Å². The van der Waals surface area contributed by atoms with Crippen LogP contribution in [0.4, 0.5) is 10.7 Å². The molecule has 2 heterocycles. The monoisotopic (exact) mass is 453 g/mol. The number of thiophene rings is 1. The molecular weight excluding hydrogens is 426 g/mol. The van der Waals surface area contributed by atoms with E-state index in [2.05, 4.69) is 15.6 Å². The minimum absolute atomic E-state index is 0.101. The van der Waals surface area contributed by atoms with E-state index in [-0.39, 0.29) is 11.8 Å². The van der Waals surface area contributed by atoms with Crippen LogP contribution in [0.15, 0.2) is 48.8 Å². The first kappa shape index (κ1) is 23.3. The number of hydrogen-bond donors (Lipinski definition) is 2. The number of benzene rings is 1. The van der Waals surface area contributed by atoms with Crippen LogP contribution in [0.1, 0.15) is 41.6 Å². The molecule has 0 bridgehead atoms. The zero-order chi connectivity index (χ0) is 23.3. The molecule has 7 nitrogen and oxygen atoms in total. The van der Waals surface area contributed by atoms with Crippen LogP contribution in [0.25, 0.3) is 0 Å². The Balaban J connectivity index is 1.73. The van der Waals surface area contributed by atoms with Gasteiger partial charge in [0.2, 0.25) is 5.91 Å². The van der Waals surface area contributed by atoms with Gasteiger partial charge in [0.1, 0.15) is 6.61 Å². The second-order valence-corrected chi connectivity index (χ2v) is 9.35. The van der Waals surface area contributed by atoms with E-state index >= 15 is 0 Å². The Morgan fingerprint density at radius 3 is 2.53 bits per heavy atom. The number of aryl methyl sites for hydroxylation is 1. The molecule has 0 atom stereocenters. The summed E-state index contributed by atoms with van der Waals surface area (Å²) >= 11 is 1.24. The quantitative estimate of drug-likeness (QED) is 0.508. The molecule has 2 aromatic heterocycles. The van der Waals surface area contributed by atoms with Gasteiger partial charge in [-0.05, 0) is 36.8 Å². The zero-order valence-corrected chi connectivity index (χ0v) is 19.6. The smallest absolute Gasteiger partial charge is 0.266 e. The normalized spacial score (nSPS) is 11.0. The number of anilines is 2. The molecule has 0 aliphatic carbocycles. The first-order chi connectivity index (χ1) is 15.2. The second kappa shape index (κ2) is 9.82. The van der Waals surface area contributed by atoms with Crippen molar-refractivity contribution in [1.82, 2.24) is 4.98 Å². The molecule has 1 aromatic carbocycles. The lowest BCUT2D eigenvalue weighted by atomic mass is 9.96. The van der Waals surface area contributed by atoms with Gasteiger partial charge >= 0.3 is 0 Å². The molecule has 168 valence electrons. The van der Waals surface area contributed by atoms with E-state index in [0.717, 1.165) is 11.1 Å². The molecule has 0 fully saturated rings. The predicted octanol–water partition coefficient (Wildman–Crippen LogP) is 5.28. The van der Waals surface area contributed by atoms with Crippen molar-refractivity contribution in [3.05, 3.63) is 64.8 Å². The Bertz CT molecular complexity index is 1100. The first-order valence-electron chi connectivity index (χ1n) is 10.1. The summed E-state index contributed by atoms with van der Waals surface area (Å²) in [6.07, 6.45) is 3.43. The van der Waals surface area contributed by atoms with E-state index in [1.807, 2.05) is 39.8 Å². The van der Waals surface area contributed by atoms with Crippen LogP contribution in [0.2, 0.25) is 0 Å². The highest BCUT2D eigenvalue weighted by molar-refractivity contribution is 7.18. The summed E-state index contributed by atoms with van der Waals surface area (Å²) in [5.41, 5.74) is 1.77. The zero-order valence-electron chi connectivity index (χ0n) is 18.8. The first-order valence-corrected chi connectivity index (χ1v) is 10.9. The average Bonchev–Trinajstić information content (AvgIpc) is 3.12. The van der Waals surface area contributed by atoms with Crippen LogP contribution in [-0.2, 0) is 11.4 Å². The molecule has 8 heteroatoms. The molecule has 0 radical (unpaired) electrons. The summed E-state index contributed by atoms with van der Waals surface area (Å²) < 4.78 is 11.3. The van der Waals surface area contributed by atoms with Gasteiger partial charge in [-0.25, -0.2) is 0 Å². The highest BCUT2D eigenvalue weighted by Crippen LogP contribution is 2.33. The molecule has 3 rings (SSSR count). The molecule has 3 aromatic rings. The average molecular weight is 454 g/mol. The minimum Gasteiger partial charge on any atom is -0.493 e. The number of nitrogens with zero attached hydrogens (tertiary/aromatic N) is 1. The number of hydrogen-bond acceptors (Lipinski definition) is 6. The number of carbonyl (C=O) groups is 2. The Labute approximate surface area is 191 Å². The largest absolute Gasteiger partial charge is 0.493 e. The van der Waals surface area contributed by atoms with Gasteiger partial charge in [0.15, 0.2) is 11.5 Å². The van der Waals surface area contributed by atoms with Crippen molar-refractivity contribution in [3.8, 4) is 11.5 Å². The van der Waals surface area contributed by atoms with Gasteiger partial charge in [0.25, 0.3) is 5.91 Å². The maximum Gasteiger partial charge on any atom is 0.266 e. The third-order valence-electron chi connectivity index (χ3n) is 4.58. The predicted molar refractivity (Wildman–Crippen MR) is 127 cm³/mol. The van der Waals surface area contributed by atoms with E-state index < -0.39 is 5.41 Å². The third-order valence-corrected chi connectivity index (χ3v) is 5.73. The molecule has 0 saturated heterocycles. The van der Waals surface area contributed by atoms with E-state index in [1.165, 1.54) is 11.3 Å². The van der Waals surface area contributed by atoms with Gasteiger partial charge in [0, 0.05) is 35.1 Å². The molecule has 0 saturated carbocycles. The summed E-state index contributed by atoms with van der Waals surface area (Å²) in [4.78, 5) is 29.7. The Kier molecular flexibility index (Phi) is 7.15. The van der Waals surface area contributed by atoms with Crippen LogP contribution in [0, 0.1) is 12.3 Å². The van der Waals surface area contributed by atoms with Crippen LogP contribution in [-0.4, -0.2) is 23.9 Å². The van der Waals surface area contributed by atoms with Crippen molar-refractivity contribution in [2.75, 3.05) is 17.7 Å². The Hall–Kier alpha value is -3.39. The minimum atomic E-state index is -0.518. The van der Waals surface area contributed by atoms with Gasteiger partial charge in [-0.1, -0.05) is 26.8 Å². The number of amides is 2. The number of carbonyl (C=O) groups excluding carboxylic acids is 2. The van der Waals surface area contributed by atoms with E-state index in [9.17, 15) is 9.59 Å². The highest BCUT2D eigenvalue weighted by Gasteiger charge is 2.23. The van der Waals surface area contributed by atoms with Gasteiger partial charge < -0.3 is 20.1 Å². The van der Waals surface area contributed by atoms with Crippen molar-refractivity contribution in [2.45, 2.75) is 34.3 Å². The van der Waals surface area contributed by atoms with Crippen LogP contribution in [0.5, 0.6) is 11.5 Å². The van der Waals surface area contributed by atoms with E-state index in [1.54, 1.807) is 43.8 Å². The lowest BCUT2D eigenvalue weighted by molar-refractivity contribution is -0.123. The lowest BCUT2D eigenvalue weighted by Crippen LogP contribution is -2.27. The summed E-state index contributed by atoms with van der Waals surface area (Å²) in [6.45, 7) is 7.69. The molecular formula is C24H27N3O4S. The van der Waals surface area contributed by atoms with E-state index in [0.29, 0.717) is 33.7 Å². The second-order valence-electron chi connectivity index (χ2n) is 8.30. The van der Waals surface area contributed by atoms with Gasteiger partial charge in [0.05, 0.1) is 17.0 Å². The maximum absolute atomic E-state index is 12.9. The summed E-state index contributed by atoms with van der Waals surface area (Å²) in [5, 5.41) is 6.41. The van der Waals surface area contributed by atoms with Crippen molar-refractivity contribution < 1.29 is 19.1 Å². The fourth-order valence-electron chi connectivity index (χ4n) is 2.77. The van der Waals surface area contributed by atoms with Gasteiger partial charge in [-0.2, -0.15) is 0 Å². The fraction of sp³-hybridized carbons (Fsp3) is 0.292. The molecule has 0 spiro atoms. The number of pyridine rings is 1.